The highest BCUT2D eigenvalue weighted by Crippen LogP contribution is 2.15. The van der Waals surface area contributed by atoms with Crippen molar-refractivity contribution in [3.05, 3.63) is 18.3 Å². The number of rotatable bonds is 2. The minimum absolute atomic E-state index is 0.368. The number of guanidine groups is 1. The van der Waals surface area contributed by atoms with Crippen LogP contribution in [0.4, 0.5) is 11.5 Å². The van der Waals surface area contributed by atoms with Gasteiger partial charge in [0.25, 0.3) is 0 Å². The van der Waals surface area contributed by atoms with Gasteiger partial charge in [-0.3, -0.25) is 4.99 Å². The molecule has 0 unspecified atom stereocenters. The second-order valence-corrected chi connectivity index (χ2v) is 3.87. The zero-order valence-electron chi connectivity index (χ0n) is 9.98. The molecule has 1 aromatic rings. The fourth-order valence-electron chi connectivity index (χ4n) is 1.76. The Balaban J connectivity index is 2.01. The Morgan fingerprint density at radius 3 is 2.82 bits per heavy atom. The lowest BCUT2D eigenvalue weighted by Crippen LogP contribution is -2.43. The summed E-state index contributed by atoms with van der Waals surface area (Å²) in [6.07, 6.45) is 1.86. The molecule has 0 spiro atoms. The quantitative estimate of drug-likeness (QED) is 0.490. The molecule has 0 atom stereocenters. The number of aliphatic imine (C=N–C) groups is 1. The molecule has 0 aromatic carbocycles. The molecule has 6 nitrogen and oxygen atoms in total. The van der Waals surface area contributed by atoms with Crippen LogP contribution in [0.5, 0.6) is 0 Å². The van der Waals surface area contributed by atoms with Crippen LogP contribution in [0.1, 0.15) is 0 Å². The highest BCUT2D eigenvalue weighted by atomic mass is 15.2. The summed E-state index contributed by atoms with van der Waals surface area (Å²) in [5, 5.41) is 6.23. The zero-order chi connectivity index (χ0) is 12.1. The van der Waals surface area contributed by atoms with E-state index in [9.17, 15) is 0 Å². The van der Waals surface area contributed by atoms with Crippen molar-refractivity contribution in [1.29, 1.82) is 0 Å². The number of nitrogens with zero attached hydrogens (tertiary/aromatic N) is 3. The number of aromatic nitrogens is 1. The van der Waals surface area contributed by atoms with Gasteiger partial charge in [-0.25, -0.2) is 4.98 Å². The van der Waals surface area contributed by atoms with Crippen LogP contribution < -0.4 is 21.3 Å². The Hall–Kier alpha value is -1.82. The second-order valence-electron chi connectivity index (χ2n) is 3.87. The summed E-state index contributed by atoms with van der Waals surface area (Å²) in [7, 11) is 1.64. The van der Waals surface area contributed by atoms with Gasteiger partial charge in [0.15, 0.2) is 5.96 Å². The van der Waals surface area contributed by atoms with Crippen molar-refractivity contribution < 1.29 is 0 Å². The van der Waals surface area contributed by atoms with Gasteiger partial charge in [-0.1, -0.05) is 0 Å². The number of anilines is 2. The molecular formula is C11H18N6. The van der Waals surface area contributed by atoms with E-state index in [-0.39, 0.29) is 0 Å². The lowest BCUT2D eigenvalue weighted by Gasteiger charge is -2.29. The van der Waals surface area contributed by atoms with Gasteiger partial charge in [-0.05, 0) is 12.1 Å². The topological polar surface area (TPSA) is 78.6 Å². The molecule has 1 fully saturated rings. The minimum atomic E-state index is 0.368. The van der Waals surface area contributed by atoms with Crippen LogP contribution in [-0.4, -0.2) is 44.2 Å². The third kappa shape index (κ3) is 3.07. The summed E-state index contributed by atoms with van der Waals surface area (Å²) in [4.78, 5) is 10.4. The van der Waals surface area contributed by atoms with Crippen molar-refractivity contribution in [2.75, 3.05) is 43.4 Å². The van der Waals surface area contributed by atoms with Crippen molar-refractivity contribution in [3.8, 4) is 0 Å². The molecule has 1 aromatic heterocycles. The van der Waals surface area contributed by atoms with Gasteiger partial charge < -0.3 is 21.3 Å². The molecule has 6 heteroatoms. The third-order valence-electron chi connectivity index (χ3n) is 2.73. The van der Waals surface area contributed by atoms with Crippen molar-refractivity contribution in [2.24, 2.45) is 10.7 Å². The van der Waals surface area contributed by atoms with E-state index in [0.717, 1.165) is 31.9 Å². The molecule has 1 aliphatic rings. The summed E-state index contributed by atoms with van der Waals surface area (Å²) >= 11 is 0. The van der Waals surface area contributed by atoms with Gasteiger partial charge in [-0.15, -0.1) is 0 Å². The van der Waals surface area contributed by atoms with E-state index in [0.29, 0.717) is 11.8 Å². The van der Waals surface area contributed by atoms with Crippen LogP contribution in [0.2, 0.25) is 0 Å². The summed E-state index contributed by atoms with van der Waals surface area (Å²) in [5.41, 5.74) is 6.71. The summed E-state index contributed by atoms with van der Waals surface area (Å²) in [6.45, 7) is 4.09. The maximum Gasteiger partial charge on any atom is 0.194 e. The van der Waals surface area contributed by atoms with Crippen LogP contribution in [0.3, 0.4) is 0 Å². The molecule has 1 saturated heterocycles. The fourth-order valence-corrected chi connectivity index (χ4v) is 1.76. The number of nitrogens with two attached hydrogens (primary N) is 1. The molecule has 4 N–H and O–H groups in total. The fraction of sp³-hybridized carbons (Fsp3) is 0.455. The van der Waals surface area contributed by atoms with E-state index in [1.807, 2.05) is 18.3 Å². The average Bonchev–Trinajstić information content (AvgIpc) is 2.40. The molecule has 2 heterocycles. The molecule has 17 heavy (non-hydrogen) atoms. The number of nitrogens with one attached hydrogen (secondary N) is 2. The van der Waals surface area contributed by atoms with Gasteiger partial charge >= 0.3 is 0 Å². The average molecular weight is 234 g/mol. The van der Waals surface area contributed by atoms with E-state index >= 15 is 0 Å². The Morgan fingerprint density at radius 2 is 2.24 bits per heavy atom. The van der Waals surface area contributed by atoms with Crippen molar-refractivity contribution in [2.45, 2.75) is 0 Å². The Labute approximate surface area is 101 Å². The molecule has 0 amide bonds. The van der Waals surface area contributed by atoms with Crippen molar-refractivity contribution in [3.63, 3.8) is 0 Å². The van der Waals surface area contributed by atoms with Gasteiger partial charge in [0.2, 0.25) is 0 Å². The number of hydrogen-bond donors (Lipinski definition) is 3. The molecule has 92 valence electrons. The van der Waals surface area contributed by atoms with Gasteiger partial charge in [0, 0.05) is 33.2 Å². The van der Waals surface area contributed by atoms with E-state index in [2.05, 4.69) is 25.5 Å². The van der Waals surface area contributed by atoms with Gasteiger partial charge in [0.1, 0.15) is 5.82 Å². The van der Waals surface area contributed by atoms with Crippen LogP contribution in [0.15, 0.2) is 23.3 Å². The number of pyridine rings is 1. The highest BCUT2D eigenvalue weighted by molar-refractivity contribution is 5.91. The Morgan fingerprint density at radius 1 is 1.47 bits per heavy atom. The van der Waals surface area contributed by atoms with Crippen LogP contribution in [0.25, 0.3) is 0 Å². The molecule has 0 aliphatic carbocycles. The molecule has 0 saturated carbocycles. The van der Waals surface area contributed by atoms with Crippen LogP contribution >= 0.6 is 0 Å². The van der Waals surface area contributed by atoms with Crippen LogP contribution in [0, 0.1) is 0 Å². The smallest absolute Gasteiger partial charge is 0.194 e. The lowest BCUT2D eigenvalue weighted by atomic mass is 10.3. The summed E-state index contributed by atoms with van der Waals surface area (Å²) in [6, 6.07) is 3.96. The van der Waals surface area contributed by atoms with E-state index in [4.69, 9.17) is 5.73 Å². The normalized spacial score (nSPS) is 17.0. The first-order valence-corrected chi connectivity index (χ1v) is 5.70. The van der Waals surface area contributed by atoms with E-state index < -0.39 is 0 Å². The van der Waals surface area contributed by atoms with E-state index in [1.165, 1.54) is 0 Å². The highest BCUT2D eigenvalue weighted by Gasteiger charge is 2.10. The first kappa shape index (κ1) is 11.7. The predicted molar refractivity (Wildman–Crippen MR) is 70.5 cm³/mol. The van der Waals surface area contributed by atoms with Crippen molar-refractivity contribution in [1.82, 2.24) is 10.3 Å². The molecule has 2 rings (SSSR count). The molecule has 0 bridgehead atoms. The third-order valence-corrected chi connectivity index (χ3v) is 2.73. The maximum absolute atomic E-state index is 5.57. The second kappa shape index (κ2) is 5.49. The van der Waals surface area contributed by atoms with E-state index in [1.54, 1.807) is 7.05 Å². The predicted octanol–water partition coefficient (Wildman–Crippen LogP) is -0.152. The van der Waals surface area contributed by atoms with Crippen molar-refractivity contribution >= 4 is 17.5 Å². The van der Waals surface area contributed by atoms with Crippen LogP contribution in [-0.2, 0) is 0 Å². The lowest BCUT2D eigenvalue weighted by molar-refractivity contribution is 0.589. The Bertz CT molecular complexity index is 379. The first-order valence-electron chi connectivity index (χ1n) is 5.70. The van der Waals surface area contributed by atoms with Gasteiger partial charge in [0.05, 0.1) is 11.9 Å². The molecular weight excluding hydrogens is 216 g/mol. The SMILES string of the molecule is CN=C(N)Nc1ccc(N2CCNCC2)cn1. The minimum Gasteiger partial charge on any atom is -0.370 e. The summed E-state index contributed by atoms with van der Waals surface area (Å²) < 4.78 is 0. The standard InChI is InChI=1S/C11H18N6/c1-13-11(12)16-10-3-2-9(8-15-10)17-6-4-14-5-7-17/h2-3,8,14H,4-7H2,1H3,(H3,12,13,15,16). The summed E-state index contributed by atoms with van der Waals surface area (Å²) in [5.74, 6) is 1.08. The molecule has 1 aliphatic heterocycles. The zero-order valence-corrected chi connectivity index (χ0v) is 9.98. The Kier molecular flexibility index (Phi) is 3.77. The number of piperazine rings is 1. The monoisotopic (exact) mass is 234 g/mol. The van der Waals surface area contributed by atoms with Gasteiger partial charge in [-0.2, -0.15) is 0 Å². The first-order chi connectivity index (χ1) is 8.29. The maximum atomic E-state index is 5.57. The molecule has 0 radical (unpaired) electrons. The number of hydrogen-bond acceptors (Lipinski definition) is 4. The largest absolute Gasteiger partial charge is 0.370 e.